The molecule has 8 heteroatoms. The summed E-state index contributed by atoms with van der Waals surface area (Å²) in [6, 6.07) is -0.264. The summed E-state index contributed by atoms with van der Waals surface area (Å²) in [6.45, 7) is 9.88. The van der Waals surface area contributed by atoms with Gasteiger partial charge in [0.05, 0.1) is 11.4 Å². The molecule has 0 spiro atoms. The van der Waals surface area contributed by atoms with Crippen LogP contribution in [-0.2, 0) is 6.54 Å². The average molecular weight is 463 g/mol. The standard InChI is InChI=1S/C16H20ClIN4O2/c1-5-6-10(22(15(23)24)16(2,3)4)7-21-8-11(18)12-13(17)19-9-20-14(12)21/h5,8-10H,1,6-7H2,2-4H3,(H,23,24)/t10-/m1/s1. The van der Waals surface area contributed by atoms with Gasteiger partial charge in [-0.1, -0.05) is 17.7 Å². The van der Waals surface area contributed by atoms with Gasteiger partial charge in [0.1, 0.15) is 17.1 Å². The van der Waals surface area contributed by atoms with Crippen LogP contribution in [0.15, 0.2) is 25.2 Å². The molecular formula is C16H20ClIN4O2. The van der Waals surface area contributed by atoms with Crippen LogP contribution < -0.4 is 0 Å². The van der Waals surface area contributed by atoms with Crippen LogP contribution in [0.1, 0.15) is 27.2 Å². The third kappa shape index (κ3) is 3.83. The van der Waals surface area contributed by atoms with Crippen molar-refractivity contribution in [1.82, 2.24) is 19.4 Å². The highest BCUT2D eigenvalue weighted by Crippen LogP contribution is 2.28. The van der Waals surface area contributed by atoms with E-state index >= 15 is 0 Å². The second-order valence-electron chi connectivity index (χ2n) is 6.49. The highest BCUT2D eigenvalue weighted by atomic mass is 127. The summed E-state index contributed by atoms with van der Waals surface area (Å²) in [6.07, 6.45) is 4.67. The minimum absolute atomic E-state index is 0.264. The van der Waals surface area contributed by atoms with Gasteiger partial charge in [-0.25, -0.2) is 14.8 Å². The number of carbonyl (C=O) groups is 1. The number of nitrogens with zero attached hydrogens (tertiary/aromatic N) is 4. The van der Waals surface area contributed by atoms with E-state index in [9.17, 15) is 9.90 Å². The molecule has 2 aromatic rings. The molecule has 1 atom stereocenters. The fourth-order valence-electron chi connectivity index (χ4n) is 2.85. The molecule has 0 bridgehead atoms. The van der Waals surface area contributed by atoms with Crippen LogP contribution in [0.2, 0.25) is 5.15 Å². The van der Waals surface area contributed by atoms with E-state index in [0.29, 0.717) is 23.8 Å². The minimum Gasteiger partial charge on any atom is -0.465 e. The average Bonchev–Trinajstić information content (AvgIpc) is 2.75. The van der Waals surface area contributed by atoms with Gasteiger partial charge in [-0.3, -0.25) is 4.90 Å². The van der Waals surface area contributed by atoms with Gasteiger partial charge in [-0.2, -0.15) is 0 Å². The van der Waals surface area contributed by atoms with Crippen LogP contribution in [0.25, 0.3) is 11.0 Å². The molecule has 1 amide bonds. The van der Waals surface area contributed by atoms with E-state index in [4.69, 9.17) is 11.6 Å². The molecule has 1 N–H and O–H groups in total. The number of hydrogen-bond donors (Lipinski definition) is 1. The number of aromatic nitrogens is 3. The van der Waals surface area contributed by atoms with Crippen LogP contribution in [0.4, 0.5) is 4.79 Å². The van der Waals surface area contributed by atoms with E-state index < -0.39 is 11.6 Å². The summed E-state index contributed by atoms with van der Waals surface area (Å²) < 4.78 is 2.86. The lowest BCUT2D eigenvalue weighted by atomic mass is 10.0. The Morgan fingerprint density at radius 2 is 2.21 bits per heavy atom. The first kappa shape index (κ1) is 19.0. The van der Waals surface area contributed by atoms with E-state index in [2.05, 4.69) is 39.1 Å². The summed E-state index contributed by atoms with van der Waals surface area (Å²) in [5.74, 6) is 0. The normalized spacial score (nSPS) is 13.0. The largest absolute Gasteiger partial charge is 0.465 e. The molecule has 0 saturated carbocycles. The lowest BCUT2D eigenvalue weighted by molar-refractivity contribution is 0.0653. The van der Waals surface area contributed by atoms with Gasteiger partial charge in [-0.05, 0) is 49.8 Å². The molecule has 0 radical (unpaired) electrons. The van der Waals surface area contributed by atoms with Gasteiger partial charge in [0, 0.05) is 21.9 Å². The Kier molecular flexibility index (Phi) is 5.74. The van der Waals surface area contributed by atoms with Gasteiger partial charge in [-0.15, -0.1) is 6.58 Å². The van der Waals surface area contributed by atoms with E-state index in [-0.39, 0.29) is 6.04 Å². The van der Waals surface area contributed by atoms with Gasteiger partial charge in [0.15, 0.2) is 0 Å². The predicted molar refractivity (Wildman–Crippen MR) is 103 cm³/mol. The van der Waals surface area contributed by atoms with Crippen molar-refractivity contribution in [3.8, 4) is 0 Å². The molecule has 24 heavy (non-hydrogen) atoms. The molecule has 130 valence electrons. The van der Waals surface area contributed by atoms with Gasteiger partial charge in [0.2, 0.25) is 0 Å². The lowest BCUT2D eigenvalue weighted by Crippen LogP contribution is -2.52. The van der Waals surface area contributed by atoms with Crippen molar-refractivity contribution in [2.24, 2.45) is 0 Å². The summed E-state index contributed by atoms with van der Waals surface area (Å²) >= 11 is 8.35. The molecule has 0 aliphatic rings. The molecule has 0 aliphatic carbocycles. The first-order chi connectivity index (χ1) is 11.2. The molecular weight excluding hydrogens is 443 g/mol. The summed E-state index contributed by atoms with van der Waals surface area (Å²) in [5, 5.41) is 10.9. The quantitative estimate of drug-likeness (QED) is 0.406. The first-order valence-electron chi connectivity index (χ1n) is 7.44. The van der Waals surface area contributed by atoms with E-state index in [0.717, 1.165) is 8.96 Å². The number of amides is 1. The van der Waals surface area contributed by atoms with Gasteiger partial charge in [0.25, 0.3) is 0 Å². The van der Waals surface area contributed by atoms with Crippen molar-refractivity contribution in [2.75, 3.05) is 0 Å². The van der Waals surface area contributed by atoms with Crippen molar-refractivity contribution in [1.29, 1.82) is 0 Å². The molecule has 2 aromatic heterocycles. The van der Waals surface area contributed by atoms with Crippen molar-refractivity contribution in [3.05, 3.63) is 33.9 Å². The van der Waals surface area contributed by atoms with Gasteiger partial charge < -0.3 is 9.67 Å². The monoisotopic (exact) mass is 462 g/mol. The Morgan fingerprint density at radius 3 is 2.75 bits per heavy atom. The van der Waals surface area contributed by atoms with Crippen LogP contribution in [0.5, 0.6) is 0 Å². The summed E-state index contributed by atoms with van der Waals surface area (Å²) in [4.78, 5) is 21.6. The maximum Gasteiger partial charge on any atom is 0.408 e. The summed E-state index contributed by atoms with van der Waals surface area (Å²) in [7, 11) is 0. The number of halogens is 2. The minimum atomic E-state index is -0.951. The fraction of sp³-hybridized carbons (Fsp3) is 0.438. The molecule has 6 nitrogen and oxygen atoms in total. The maximum atomic E-state index is 11.8. The molecule has 0 aliphatic heterocycles. The highest BCUT2D eigenvalue weighted by Gasteiger charge is 2.33. The lowest BCUT2D eigenvalue weighted by Gasteiger charge is -2.39. The smallest absolute Gasteiger partial charge is 0.408 e. The first-order valence-corrected chi connectivity index (χ1v) is 8.90. The van der Waals surface area contributed by atoms with Crippen molar-refractivity contribution in [2.45, 2.75) is 45.3 Å². The third-order valence-electron chi connectivity index (χ3n) is 3.70. The third-order valence-corrected chi connectivity index (χ3v) is 4.81. The number of carboxylic acid groups (broad SMARTS) is 1. The Labute approximate surface area is 159 Å². The highest BCUT2D eigenvalue weighted by molar-refractivity contribution is 14.1. The SMILES string of the molecule is C=CC[C@H](Cn1cc(I)c2c(Cl)ncnc21)N(C(=O)O)C(C)(C)C. The molecule has 2 rings (SSSR count). The second kappa shape index (κ2) is 7.26. The molecule has 0 fully saturated rings. The Morgan fingerprint density at radius 1 is 1.54 bits per heavy atom. The number of hydrogen-bond acceptors (Lipinski definition) is 3. The maximum absolute atomic E-state index is 11.8. The predicted octanol–water partition coefficient (Wildman–Crippen LogP) is 4.41. The van der Waals surface area contributed by atoms with Crippen LogP contribution in [0, 0.1) is 3.57 Å². The molecule has 0 aromatic carbocycles. The Hall–Kier alpha value is -1.35. The van der Waals surface area contributed by atoms with Crippen LogP contribution in [0.3, 0.4) is 0 Å². The Balaban J connectivity index is 2.47. The van der Waals surface area contributed by atoms with Crippen molar-refractivity contribution >= 4 is 51.3 Å². The van der Waals surface area contributed by atoms with E-state index in [1.54, 1.807) is 6.08 Å². The zero-order valence-corrected chi connectivity index (χ0v) is 16.7. The topological polar surface area (TPSA) is 71.2 Å². The molecule has 0 saturated heterocycles. The van der Waals surface area contributed by atoms with Crippen molar-refractivity contribution < 1.29 is 9.90 Å². The second-order valence-corrected chi connectivity index (χ2v) is 8.01. The zero-order valence-electron chi connectivity index (χ0n) is 13.8. The van der Waals surface area contributed by atoms with Crippen LogP contribution >= 0.6 is 34.2 Å². The Bertz CT molecular complexity index is 769. The summed E-state index contributed by atoms with van der Waals surface area (Å²) in [5.41, 5.74) is 0.176. The fourth-order valence-corrected chi connectivity index (χ4v) is 4.07. The van der Waals surface area contributed by atoms with Crippen LogP contribution in [-0.4, -0.2) is 42.2 Å². The van der Waals surface area contributed by atoms with E-state index in [1.807, 2.05) is 31.5 Å². The number of rotatable bonds is 5. The van der Waals surface area contributed by atoms with Crippen molar-refractivity contribution in [3.63, 3.8) is 0 Å². The van der Waals surface area contributed by atoms with E-state index in [1.165, 1.54) is 11.2 Å². The molecule has 0 unspecified atom stereocenters. The van der Waals surface area contributed by atoms with Gasteiger partial charge >= 0.3 is 6.09 Å². The molecule has 2 heterocycles. The number of fused-ring (bicyclic) bond motifs is 1. The zero-order chi connectivity index (χ0) is 18.1.